The van der Waals surface area contributed by atoms with E-state index in [0.29, 0.717) is 6.04 Å². The highest BCUT2D eigenvalue weighted by Gasteiger charge is 2.24. The number of anilines is 1. The molecule has 1 fully saturated rings. The van der Waals surface area contributed by atoms with Gasteiger partial charge in [-0.15, -0.1) is 0 Å². The van der Waals surface area contributed by atoms with Crippen LogP contribution >= 0.6 is 0 Å². The maximum atomic E-state index is 12.9. The smallest absolute Gasteiger partial charge is 0.243 e. The number of nitrogens with zero attached hydrogens (tertiary/aromatic N) is 2. The van der Waals surface area contributed by atoms with E-state index in [1.807, 2.05) is 38.1 Å². The van der Waals surface area contributed by atoms with E-state index in [-0.39, 0.29) is 17.3 Å². The number of likely N-dealkylation sites (N-methyl/N-ethyl adjacent to an activating group) is 1. The first-order chi connectivity index (χ1) is 15.2. The van der Waals surface area contributed by atoms with Gasteiger partial charge in [0.25, 0.3) is 0 Å². The number of sulfonamides is 1. The minimum atomic E-state index is -3.74. The Morgan fingerprint density at radius 2 is 1.69 bits per heavy atom. The number of carbonyl (C=O) groups is 1. The van der Waals surface area contributed by atoms with Crippen molar-refractivity contribution in [3.8, 4) is 0 Å². The Bertz CT molecular complexity index is 1050. The van der Waals surface area contributed by atoms with Crippen LogP contribution in [0.4, 0.5) is 5.69 Å². The van der Waals surface area contributed by atoms with Crippen LogP contribution in [0.1, 0.15) is 48.8 Å². The molecule has 7 heteroatoms. The van der Waals surface area contributed by atoms with Gasteiger partial charge in [-0.25, -0.2) is 8.42 Å². The molecule has 0 saturated heterocycles. The number of hydrogen-bond acceptors (Lipinski definition) is 4. The van der Waals surface area contributed by atoms with Crippen LogP contribution in [0.5, 0.6) is 0 Å². The summed E-state index contributed by atoms with van der Waals surface area (Å²) in [7, 11) is -0.170. The second-order valence-electron chi connectivity index (χ2n) is 8.92. The molecule has 1 aliphatic carbocycles. The summed E-state index contributed by atoms with van der Waals surface area (Å²) < 4.78 is 26.9. The summed E-state index contributed by atoms with van der Waals surface area (Å²) in [5.41, 5.74) is 3.70. The van der Waals surface area contributed by atoms with Crippen molar-refractivity contribution < 1.29 is 13.2 Å². The Kier molecular flexibility index (Phi) is 8.09. The topological polar surface area (TPSA) is 69.7 Å². The summed E-state index contributed by atoms with van der Waals surface area (Å²) in [6, 6.07) is 13.3. The molecule has 6 nitrogen and oxygen atoms in total. The zero-order valence-electron chi connectivity index (χ0n) is 19.6. The number of aryl methyl sites for hydroxylation is 2. The van der Waals surface area contributed by atoms with Crippen LogP contribution in [0, 0.1) is 13.8 Å². The molecule has 0 bridgehead atoms. The Morgan fingerprint density at radius 3 is 2.38 bits per heavy atom. The lowest BCUT2D eigenvalue weighted by Gasteiger charge is -2.31. The molecule has 2 aromatic rings. The summed E-state index contributed by atoms with van der Waals surface area (Å²) >= 11 is 0. The molecule has 0 atom stereocenters. The number of benzene rings is 2. The first kappa shape index (κ1) is 24.4. The summed E-state index contributed by atoms with van der Waals surface area (Å²) in [5, 5.41) is 2.92. The van der Waals surface area contributed by atoms with E-state index >= 15 is 0 Å². The van der Waals surface area contributed by atoms with Crippen LogP contribution in [0.25, 0.3) is 0 Å². The summed E-state index contributed by atoms with van der Waals surface area (Å²) in [6.45, 7) is 4.31. The van der Waals surface area contributed by atoms with Crippen molar-refractivity contribution in [2.45, 2.75) is 63.4 Å². The molecule has 0 aromatic heterocycles. The molecule has 1 N–H and O–H groups in total. The normalized spacial score (nSPS) is 15.3. The fourth-order valence-corrected chi connectivity index (χ4v) is 5.44. The maximum absolute atomic E-state index is 12.9. The molecule has 32 heavy (non-hydrogen) atoms. The van der Waals surface area contributed by atoms with Crippen LogP contribution in [-0.2, 0) is 21.4 Å². The van der Waals surface area contributed by atoms with Crippen LogP contribution in [0.3, 0.4) is 0 Å². The summed E-state index contributed by atoms with van der Waals surface area (Å²) in [5.74, 6) is -0.354. The lowest BCUT2D eigenvalue weighted by Crippen LogP contribution is -2.35. The molecule has 1 aliphatic rings. The number of nitrogens with one attached hydrogen (secondary N) is 1. The van der Waals surface area contributed by atoms with Crippen molar-refractivity contribution in [3.63, 3.8) is 0 Å². The van der Waals surface area contributed by atoms with Gasteiger partial charge >= 0.3 is 0 Å². The van der Waals surface area contributed by atoms with Crippen molar-refractivity contribution in [2.24, 2.45) is 0 Å². The monoisotopic (exact) mass is 457 g/mol. The average Bonchev–Trinajstić information content (AvgIpc) is 2.77. The number of para-hydroxylation sites is 1. The third-order valence-electron chi connectivity index (χ3n) is 6.46. The van der Waals surface area contributed by atoms with E-state index in [2.05, 4.69) is 17.3 Å². The predicted octanol–water partition coefficient (Wildman–Crippen LogP) is 4.33. The van der Waals surface area contributed by atoms with E-state index in [1.165, 1.54) is 39.2 Å². The molecule has 3 rings (SSSR count). The quantitative estimate of drug-likeness (QED) is 0.641. The zero-order valence-corrected chi connectivity index (χ0v) is 20.4. The molecule has 0 unspecified atom stereocenters. The standard InChI is InChI=1S/C25H35N3O3S/c1-19-14-15-23(16-20(19)2)32(30,31)28(4)18-25(29)26-24-13-9-8-10-21(24)17-27(3)22-11-6-5-7-12-22/h8-10,13-16,22H,5-7,11-12,17-18H2,1-4H3,(H,26,29). The Labute approximate surface area is 192 Å². The fraction of sp³-hybridized carbons (Fsp3) is 0.480. The first-order valence-corrected chi connectivity index (χ1v) is 12.7. The Balaban J connectivity index is 1.66. The average molecular weight is 458 g/mol. The van der Waals surface area contributed by atoms with E-state index in [4.69, 9.17) is 0 Å². The Hall–Kier alpha value is -2.22. The van der Waals surface area contributed by atoms with Gasteiger partial charge in [0.15, 0.2) is 0 Å². The summed E-state index contributed by atoms with van der Waals surface area (Å²) in [6.07, 6.45) is 6.29. The van der Waals surface area contributed by atoms with Crippen LogP contribution in [0.15, 0.2) is 47.4 Å². The van der Waals surface area contributed by atoms with Gasteiger partial charge in [-0.2, -0.15) is 4.31 Å². The number of rotatable bonds is 8. The number of amides is 1. The van der Waals surface area contributed by atoms with E-state index in [0.717, 1.165) is 33.2 Å². The van der Waals surface area contributed by atoms with Crippen molar-refractivity contribution in [1.29, 1.82) is 0 Å². The minimum absolute atomic E-state index is 0.199. The van der Waals surface area contributed by atoms with Crippen molar-refractivity contribution >= 4 is 21.6 Å². The highest BCUT2D eigenvalue weighted by Crippen LogP contribution is 2.25. The van der Waals surface area contributed by atoms with Crippen LogP contribution in [0.2, 0.25) is 0 Å². The van der Waals surface area contributed by atoms with Crippen LogP contribution < -0.4 is 5.32 Å². The molecule has 0 spiro atoms. The molecule has 174 valence electrons. The van der Waals surface area contributed by atoms with E-state index in [9.17, 15) is 13.2 Å². The highest BCUT2D eigenvalue weighted by atomic mass is 32.2. The predicted molar refractivity (Wildman–Crippen MR) is 129 cm³/mol. The Morgan fingerprint density at radius 1 is 1.00 bits per heavy atom. The molecule has 0 radical (unpaired) electrons. The summed E-state index contributed by atoms with van der Waals surface area (Å²) in [4.78, 5) is 15.3. The largest absolute Gasteiger partial charge is 0.325 e. The molecule has 2 aromatic carbocycles. The van der Waals surface area contributed by atoms with E-state index in [1.54, 1.807) is 18.2 Å². The van der Waals surface area contributed by atoms with Crippen molar-refractivity contribution in [3.05, 3.63) is 59.2 Å². The molecule has 1 saturated carbocycles. The number of hydrogen-bond donors (Lipinski definition) is 1. The van der Waals surface area contributed by atoms with Gasteiger partial charge in [-0.1, -0.05) is 43.5 Å². The van der Waals surface area contributed by atoms with Crippen molar-refractivity contribution in [1.82, 2.24) is 9.21 Å². The fourth-order valence-electron chi connectivity index (χ4n) is 4.23. The zero-order chi connectivity index (χ0) is 23.3. The SMILES string of the molecule is Cc1ccc(S(=O)(=O)N(C)CC(=O)Nc2ccccc2CN(C)C2CCCCC2)cc1C. The first-order valence-electron chi connectivity index (χ1n) is 11.3. The molecule has 0 heterocycles. The highest BCUT2D eigenvalue weighted by molar-refractivity contribution is 7.89. The third-order valence-corrected chi connectivity index (χ3v) is 8.26. The second-order valence-corrected chi connectivity index (χ2v) is 11.0. The molecule has 1 amide bonds. The second kappa shape index (κ2) is 10.6. The number of carbonyl (C=O) groups excluding carboxylic acids is 1. The van der Waals surface area contributed by atoms with Gasteiger partial charge in [0.1, 0.15) is 0 Å². The lowest BCUT2D eigenvalue weighted by atomic mass is 9.94. The minimum Gasteiger partial charge on any atom is -0.325 e. The third kappa shape index (κ3) is 5.97. The lowest BCUT2D eigenvalue weighted by molar-refractivity contribution is -0.116. The molecular weight excluding hydrogens is 422 g/mol. The van der Waals surface area contributed by atoms with Gasteiger partial charge in [0, 0.05) is 25.3 Å². The van der Waals surface area contributed by atoms with Gasteiger partial charge in [0.2, 0.25) is 15.9 Å². The molecular formula is C25H35N3O3S. The van der Waals surface area contributed by atoms with Gasteiger partial charge in [0.05, 0.1) is 11.4 Å². The van der Waals surface area contributed by atoms with Gasteiger partial charge in [-0.05, 0) is 68.6 Å². The molecule has 0 aliphatic heterocycles. The van der Waals surface area contributed by atoms with E-state index < -0.39 is 10.0 Å². The van der Waals surface area contributed by atoms with Crippen LogP contribution in [-0.4, -0.2) is 50.2 Å². The van der Waals surface area contributed by atoms with Gasteiger partial charge in [-0.3, -0.25) is 9.69 Å². The van der Waals surface area contributed by atoms with Gasteiger partial charge < -0.3 is 5.32 Å². The van der Waals surface area contributed by atoms with Crippen molar-refractivity contribution in [2.75, 3.05) is 26.0 Å². The maximum Gasteiger partial charge on any atom is 0.243 e.